The van der Waals surface area contributed by atoms with Crippen LogP contribution < -0.4 is 10.0 Å². The normalized spacial score (nSPS) is 11.5. The van der Waals surface area contributed by atoms with E-state index in [2.05, 4.69) is 15.0 Å². The highest BCUT2D eigenvalue weighted by Crippen LogP contribution is 2.09. The monoisotopic (exact) mass is 323 g/mol. The third kappa shape index (κ3) is 4.59. The van der Waals surface area contributed by atoms with Crippen molar-refractivity contribution in [3.05, 3.63) is 59.7 Å². The number of hydrogen-bond donors (Lipinski definition) is 2. The molecule has 0 bridgehead atoms. The first-order chi connectivity index (χ1) is 10.5. The molecule has 2 N–H and O–H groups in total. The Labute approximate surface area is 129 Å². The van der Waals surface area contributed by atoms with E-state index in [9.17, 15) is 12.8 Å². The number of aryl methyl sites for hydroxylation is 1. The fourth-order valence-corrected chi connectivity index (χ4v) is 2.91. The Kier molecular flexibility index (Phi) is 5.59. The molecule has 0 aliphatic heterocycles. The van der Waals surface area contributed by atoms with Crippen molar-refractivity contribution in [3.63, 3.8) is 0 Å². The van der Waals surface area contributed by atoms with E-state index in [4.69, 9.17) is 0 Å². The minimum atomic E-state index is -3.53. The summed E-state index contributed by atoms with van der Waals surface area (Å²) in [6.07, 6.45) is 2.81. The molecule has 0 spiro atoms. The Balaban J connectivity index is 1.79. The van der Waals surface area contributed by atoms with E-state index < -0.39 is 10.0 Å². The predicted octanol–water partition coefficient (Wildman–Crippen LogP) is 1.60. The molecule has 1 aromatic carbocycles. The highest BCUT2D eigenvalue weighted by molar-refractivity contribution is 7.89. The summed E-state index contributed by atoms with van der Waals surface area (Å²) in [6.45, 7) is 3.07. The minimum absolute atomic E-state index is 0.135. The first-order valence-electron chi connectivity index (χ1n) is 6.84. The maximum atomic E-state index is 13.1. The second-order valence-corrected chi connectivity index (χ2v) is 6.60. The zero-order chi connectivity index (χ0) is 16.0. The molecule has 0 saturated carbocycles. The van der Waals surface area contributed by atoms with Gasteiger partial charge in [-0.05, 0) is 42.3 Å². The summed E-state index contributed by atoms with van der Waals surface area (Å²) in [7, 11) is -3.53. The molecule has 22 heavy (non-hydrogen) atoms. The third-order valence-electron chi connectivity index (χ3n) is 3.17. The highest BCUT2D eigenvalue weighted by atomic mass is 32.2. The van der Waals surface area contributed by atoms with Crippen LogP contribution in [0.15, 0.2) is 47.6 Å². The molecule has 5 nitrogen and oxygen atoms in total. The number of benzene rings is 1. The maximum Gasteiger partial charge on any atom is 0.242 e. The molecule has 2 rings (SSSR count). The van der Waals surface area contributed by atoms with Gasteiger partial charge < -0.3 is 5.32 Å². The fourth-order valence-electron chi connectivity index (χ4n) is 1.92. The van der Waals surface area contributed by atoms with Gasteiger partial charge in [-0.15, -0.1) is 0 Å². The molecule has 0 unspecified atom stereocenters. The number of sulfonamides is 1. The van der Waals surface area contributed by atoms with Crippen molar-refractivity contribution in [2.45, 2.75) is 18.4 Å². The van der Waals surface area contributed by atoms with Gasteiger partial charge in [0.05, 0.1) is 0 Å². The van der Waals surface area contributed by atoms with E-state index in [0.717, 1.165) is 11.1 Å². The molecule has 0 saturated heterocycles. The molecule has 0 aliphatic carbocycles. The van der Waals surface area contributed by atoms with Crippen molar-refractivity contribution in [2.24, 2.45) is 0 Å². The maximum absolute atomic E-state index is 13.1. The van der Waals surface area contributed by atoms with E-state index >= 15 is 0 Å². The van der Waals surface area contributed by atoms with Crippen molar-refractivity contribution in [1.82, 2.24) is 15.0 Å². The van der Waals surface area contributed by atoms with Crippen LogP contribution in [0.2, 0.25) is 0 Å². The summed E-state index contributed by atoms with van der Waals surface area (Å²) < 4.78 is 39.5. The number of halogens is 1. The molecule has 1 aromatic heterocycles. The van der Waals surface area contributed by atoms with E-state index in [1.165, 1.54) is 30.6 Å². The molecule has 0 atom stereocenters. The summed E-state index contributed by atoms with van der Waals surface area (Å²) >= 11 is 0. The van der Waals surface area contributed by atoms with E-state index in [-0.39, 0.29) is 17.3 Å². The minimum Gasteiger partial charge on any atom is -0.311 e. The predicted molar refractivity (Wildman–Crippen MR) is 82.3 cm³/mol. The van der Waals surface area contributed by atoms with Crippen LogP contribution >= 0.6 is 0 Å². The summed E-state index contributed by atoms with van der Waals surface area (Å²) in [5, 5.41) is 3.08. The van der Waals surface area contributed by atoms with Crippen LogP contribution in [-0.2, 0) is 16.6 Å². The van der Waals surface area contributed by atoms with Gasteiger partial charge in [-0.25, -0.2) is 17.5 Å². The van der Waals surface area contributed by atoms with Crippen molar-refractivity contribution in [2.75, 3.05) is 13.1 Å². The van der Waals surface area contributed by atoms with Crippen molar-refractivity contribution >= 4 is 10.0 Å². The zero-order valence-electron chi connectivity index (χ0n) is 12.2. The molecular weight excluding hydrogens is 305 g/mol. The van der Waals surface area contributed by atoms with Gasteiger partial charge in [0.25, 0.3) is 0 Å². The quantitative estimate of drug-likeness (QED) is 0.759. The average molecular weight is 323 g/mol. The molecule has 7 heteroatoms. The number of hydrogen-bond acceptors (Lipinski definition) is 4. The third-order valence-corrected chi connectivity index (χ3v) is 4.61. The van der Waals surface area contributed by atoms with Gasteiger partial charge in [0.15, 0.2) is 0 Å². The highest BCUT2D eigenvalue weighted by Gasteiger charge is 2.12. The summed E-state index contributed by atoms with van der Waals surface area (Å²) in [5.74, 6) is -0.278. The van der Waals surface area contributed by atoms with Crippen LogP contribution in [0, 0.1) is 12.7 Å². The van der Waals surface area contributed by atoms with Crippen LogP contribution in [0.1, 0.15) is 11.1 Å². The lowest BCUT2D eigenvalue weighted by atomic mass is 10.1. The number of nitrogens with zero attached hydrogens (tertiary/aromatic N) is 1. The van der Waals surface area contributed by atoms with Gasteiger partial charge in [-0.3, -0.25) is 4.98 Å². The first-order valence-corrected chi connectivity index (χ1v) is 8.33. The average Bonchev–Trinajstić information content (AvgIpc) is 2.51. The molecule has 118 valence electrons. The van der Waals surface area contributed by atoms with Gasteiger partial charge in [-0.1, -0.05) is 6.07 Å². The Bertz CT molecular complexity index is 721. The fraction of sp³-hybridized carbons (Fsp3) is 0.267. The lowest BCUT2D eigenvalue weighted by molar-refractivity contribution is 0.575. The van der Waals surface area contributed by atoms with Crippen molar-refractivity contribution in [1.29, 1.82) is 0 Å². The molecule has 2 aromatic rings. The van der Waals surface area contributed by atoms with Gasteiger partial charge in [0.1, 0.15) is 10.7 Å². The van der Waals surface area contributed by atoms with Gasteiger partial charge in [0, 0.05) is 32.0 Å². The van der Waals surface area contributed by atoms with Gasteiger partial charge in [-0.2, -0.15) is 0 Å². The lowest BCUT2D eigenvalue weighted by Crippen LogP contribution is -2.31. The van der Waals surface area contributed by atoms with E-state index in [1.807, 2.05) is 6.92 Å². The second-order valence-electron chi connectivity index (χ2n) is 4.83. The summed E-state index contributed by atoms with van der Waals surface area (Å²) in [6, 6.07) is 7.67. The molecule has 0 aliphatic rings. The van der Waals surface area contributed by atoms with E-state index in [1.54, 1.807) is 12.1 Å². The number of nitrogens with one attached hydrogen (secondary N) is 2. The Morgan fingerprint density at radius 1 is 1.23 bits per heavy atom. The van der Waals surface area contributed by atoms with Gasteiger partial charge in [0.2, 0.25) is 10.0 Å². The Morgan fingerprint density at radius 2 is 2.05 bits per heavy atom. The van der Waals surface area contributed by atoms with Crippen LogP contribution in [0.3, 0.4) is 0 Å². The summed E-state index contributed by atoms with van der Waals surface area (Å²) in [4.78, 5) is 3.92. The first kappa shape index (κ1) is 16.5. The lowest BCUT2D eigenvalue weighted by Gasteiger charge is -2.09. The van der Waals surface area contributed by atoms with Crippen molar-refractivity contribution < 1.29 is 12.8 Å². The Hall–Kier alpha value is -1.83. The zero-order valence-corrected chi connectivity index (χ0v) is 13.0. The van der Waals surface area contributed by atoms with Crippen molar-refractivity contribution in [3.8, 4) is 0 Å². The molecule has 1 heterocycles. The second kappa shape index (κ2) is 7.44. The topological polar surface area (TPSA) is 71.1 Å². The smallest absolute Gasteiger partial charge is 0.242 e. The number of pyridine rings is 1. The van der Waals surface area contributed by atoms with Crippen LogP contribution in [-0.4, -0.2) is 26.5 Å². The number of rotatable bonds is 7. The molecule has 0 amide bonds. The number of aromatic nitrogens is 1. The van der Waals surface area contributed by atoms with Gasteiger partial charge >= 0.3 is 0 Å². The SMILES string of the molecule is Cc1ccc(F)cc1CNCCNS(=O)(=O)c1cccnc1. The molecule has 0 fully saturated rings. The Morgan fingerprint density at radius 3 is 2.77 bits per heavy atom. The van der Waals surface area contributed by atoms with Crippen LogP contribution in [0.4, 0.5) is 4.39 Å². The molecular formula is C15H18FN3O2S. The van der Waals surface area contributed by atoms with Crippen LogP contribution in [0.25, 0.3) is 0 Å². The van der Waals surface area contributed by atoms with E-state index in [0.29, 0.717) is 13.1 Å². The van der Waals surface area contributed by atoms with Crippen LogP contribution in [0.5, 0.6) is 0 Å². The molecule has 0 radical (unpaired) electrons. The standard InChI is InChI=1S/C15H18FN3O2S/c1-12-4-5-14(16)9-13(12)10-18-7-8-19-22(20,21)15-3-2-6-17-11-15/h2-6,9,11,18-19H,7-8,10H2,1H3. The summed E-state index contributed by atoms with van der Waals surface area (Å²) in [5.41, 5.74) is 1.85. The largest absolute Gasteiger partial charge is 0.311 e.